The van der Waals surface area contributed by atoms with Gasteiger partial charge in [0.05, 0.1) is 5.41 Å². The molecule has 0 radical (unpaired) electrons. The SMILES string of the molecule is Cc1cccc(C(=O)C[C@H]2CCC[C@]3(CCN(Cc4ccccc4)C3=O)C2)n1. The van der Waals surface area contributed by atoms with Gasteiger partial charge in [0.15, 0.2) is 5.78 Å². The Balaban J connectivity index is 1.41. The fourth-order valence-electron chi connectivity index (χ4n) is 4.99. The predicted octanol–water partition coefficient (Wildman–Crippen LogP) is 4.57. The number of amides is 1. The average molecular weight is 377 g/mol. The van der Waals surface area contributed by atoms with Crippen LogP contribution in [0.25, 0.3) is 0 Å². The van der Waals surface area contributed by atoms with Crippen LogP contribution in [0.15, 0.2) is 48.5 Å². The van der Waals surface area contributed by atoms with Crippen LogP contribution in [0, 0.1) is 18.3 Å². The number of Topliss-reactive ketones (excluding diaryl/α,β-unsaturated/α-hetero) is 1. The molecule has 0 N–H and O–H groups in total. The monoisotopic (exact) mass is 376 g/mol. The minimum absolute atomic E-state index is 0.109. The van der Waals surface area contributed by atoms with E-state index >= 15 is 0 Å². The average Bonchev–Trinajstić information content (AvgIpc) is 2.98. The van der Waals surface area contributed by atoms with Crippen molar-refractivity contribution in [2.24, 2.45) is 11.3 Å². The zero-order valence-corrected chi connectivity index (χ0v) is 16.6. The molecule has 4 heteroatoms. The molecular formula is C24H28N2O2. The smallest absolute Gasteiger partial charge is 0.229 e. The number of aryl methyl sites for hydroxylation is 1. The van der Waals surface area contributed by atoms with Crippen molar-refractivity contribution in [2.45, 2.75) is 52.0 Å². The zero-order valence-electron chi connectivity index (χ0n) is 16.6. The molecular weight excluding hydrogens is 348 g/mol. The van der Waals surface area contributed by atoms with Crippen LogP contribution in [-0.4, -0.2) is 28.1 Å². The Kier molecular flexibility index (Phi) is 5.29. The fourth-order valence-corrected chi connectivity index (χ4v) is 4.99. The van der Waals surface area contributed by atoms with Crippen LogP contribution in [0.5, 0.6) is 0 Å². The molecule has 4 nitrogen and oxygen atoms in total. The number of nitrogens with zero attached hydrogens (tertiary/aromatic N) is 2. The maximum Gasteiger partial charge on any atom is 0.229 e. The van der Waals surface area contributed by atoms with Crippen molar-refractivity contribution in [3.63, 3.8) is 0 Å². The lowest BCUT2D eigenvalue weighted by molar-refractivity contribution is -0.139. The summed E-state index contributed by atoms with van der Waals surface area (Å²) in [5, 5.41) is 0. The van der Waals surface area contributed by atoms with Gasteiger partial charge in [0.2, 0.25) is 5.91 Å². The Morgan fingerprint density at radius 1 is 1.14 bits per heavy atom. The molecule has 28 heavy (non-hydrogen) atoms. The van der Waals surface area contributed by atoms with Crippen molar-refractivity contribution < 1.29 is 9.59 Å². The van der Waals surface area contributed by atoms with Gasteiger partial charge in [-0.25, -0.2) is 0 Å². The van der Waals surface area contributed by atoms with Crippen molar-refractivity contribution in [3.8, 4) is 0 Å². The number of benzene rings is 1. The second-order valence-corrected chi connectivity index (χ2v) is 8.50. The maximum absolute atomic E-state index is 13.3. The molecule has 2 aliphatic rings. The summed E-state index contributed by atoms with van der Waals surface area (Å²) in [5.74, 6) is 0.684. The molecule has 1 aliphatic carbocycles. The third-order valence-electron chi connectivity index (χ3n) is 6.41. The van der Waals surface area contributed by atoms with Gasteiger partial charge in [-0.15, -0.1) is 0 Å². The second-order valence-electron chi connectivity index (χ2n) is 8.50. The van der Waals surface area contributed by atoms with E-state index in [4.69, 9.17) is 0 Å². The van der Waals surface area contributed by atoms with E-state index in [1.807, 2.05) is 42.2 Å². The Hall–Kier alpha value is -2.49. The number of likely N-dealkylation sites (tertiary alicyclic amines) is 1. The summed E-state index contributed by atoms with van der Waals surface area (Å²) in [4.78, 5) is 32.4. The first-order valence-corrected chi connectivity index (χ1v) is 10.4. The number of carbonyl (C=O) groups excluding carboxylic acids is 2. The molecule has 2 fully saturated rings. The van der Waals surface area contributed by atoms with Gasteiger partial charge in [0.25, 0.3) is 0 Å². The summed E-state index contributed by atoms with van der Waals surface area (Å²) in [6.07, 6.45) is 5.30. The highest BCUT2D eigenvalue weighted by Gasteiger charge is 2.49. The number of rotatable bonds is 5. The van der Waals surface area contributed by atoms with Crippen molar-refractivity contribution >= 4 is 11.7 Å². The molecule has 2 aromatic rings. The van der Waals surface area contributed by atoms with E-state index in [9.17, 15) is 9.59 Å². The lowest BCUT2D eigenvalue weighted by atomic mass is 9.67. The molecule has 2 atom stereocenters. The Bertz CT molecular complexity index is 864. The summed E-state index contributed by atoms with van der Waals surface area (Å²) in [6.45, 7) is 3.43. The van der Waals surface area contributed by atoms with Gasteiger partial charge >= 0.3 is 0 Å². The second kappa shape index (κ2) is 7.86. The summed E-state index contributed by atoms with van der Waals surface area (Å²) in [7, 11) is 0. The van der Waals surface area contributed by atoms with Crippen LogP contribution in [0.1, 0.15) is 60.3 Å². The number of carbonyl (C=O) groups is 2. The van der Waals surface area contributed by atoms with Gasteiger partial charge in [-0.05, 0) is 56.2 Å². The number of ketones is 1. The van der Waals surface area contributed by atoms with Crippen molar-refractivity contribution in [3.05, 3.63) is 65.5 Å². The Morgan fingerprint density at radius 2 is 1.96 bits per heavy atom. The lowest BCUT2D eigenvalue weighted by Crippen LogP contribution is -2.38. The van der Waals surface area contributed by atoms with Crippen LogP contribution in [-0.2, 0) is 11.3 Å². The number of hydrogen-bond donors (Lipinski definition) is 0. The molecule has 0 bridgehead atoms. The van der Waals surface area contributed by atoms with Crippen LogP contribution in [0.3, 0.4) is 0 Å². The van der Waals surface area contributed by atoms with Gasteiger partial charge in [-0.2, -0.15) is 0 Å². The molecule has 0 unspecified atom stereocenters. The molecule has 1 aromatic carbocycles. The van der Waals surface area contributed by atoms with Crippen molar-refractivity contribution in [1.29, 1.82) is 0 Å². The van der Waals surface area contributed by atoms with Gasteiger partial charge in [0, 0.05) is 25.2 Å². The van der Waals surface area contributed by atoms with Crippen LogP contribution in [0.4, 0.5) is 0 Å². The molecule has 1 aliphatic heterocycles. The van der Waals surface area contributed by atoms with E-state index in [1.54, 1.807) is 6.07 Å². The van der Waals surface area contributed by atoms with Gasteiger partial charge in [-0.1, -0.05) is 42.8 Å². The third kappa shape index (κ3) is 3.87. The van der Waals surface area contributed by atoms with Crippen LogP contribution < -0.4 is 0 Å². The lowest BCUT2D eigenvalue weighted by Gasteiger charge is -2.36. The highest BCUT2D eigenvalue weighted by molar-refractivity contribution is 5.94. The first kappa shape index (κ1) is 18.9. The molecule has 146 valence electrons. The molecule has 1 saturated carbocycles. The Labute approximate surface area is 167 Å². The summed E-state index contributed by atoms with van der Waals surface area (Å²) >= 11 is 0. The fraction of sp³-hybridized carbons (Fsp3) is 0.458. The molecule has 1 amide bonds. The van der Waals surface area contributed by atoms with Crippen molar-refractivity contribution in [1.82, 2.24) is 9.88 Å². The Morgan fingerprint density at radius 3 is 2.75 bits per heavy atom. The van der Waals surface area contributed by atoms with Gasteiger partial charge in [-0.3, -0.25) is 14.6 Å². The van der Waals surface area contributed by atoms with E-state index in [2.05, 4.69) is 17.1 Å². The predicted molar refractivity (Wildman–Crippen MR) is 109 cm³/mol. The number of hydrogen-bond acceptors (Lipinski definition) is 3. The first-order chi connectivity index (χ1) is 13.6. The van der Waals surface area contributed by atoms with Gasteiger partial charge in [0.1, 0.15) is 5.69 Å². The van der Waals surface area contributed by atoms with Crippen LogP contribution >= 0.6 is 0 Å². The van der Waals surface area contributed by atoms with Crippen LogP contribution in [0.2, 0.25) is 0 Å². The van der Waals surface area contributed by atoms with Gasteiger partial charge < -0.3 is 4.90 Å². The maximum atomic E-state index is 13.3. The largest absolute Gasteiger partial charge is 0.338 e. The minimum Gasteiger partial charge on any atom is -0.338 e. The summed E-state index contributed by atoms with van der Waals surface area (Å²) in [6, 6.07) is 15.8. The quantitative estimate of drug-likeness (QED) is 0.718. The van der Waals surface area contributed by atoms with E-state index in [0.29, 0.717) is 24.6 Å². The third-order valence-corrected chi connectivity index (χ3v) is 6.41. The zero-order chi connectivity index (χ0) is 19.6. The van der Waals surface area contributed by atoms with E-state index < -0.39 is 0 Å². The molecule has 4 rings (SSSR count). The molecule has 2 heterocycles. The summed E-state index contributed by atoms with van der Waals surface area (Å²) in [5.41, 5.74) is 2.36. The molecule has 1 saturated heterocycles. The summed E-state index contributed by atoms with van der Waals surface area (Å²) < 4.78 is 0. The standard InChI is InChI=1S/C24H28N2O2/c1-18-7-5-11-21(25-18)22(27)15-20-10-6-12-24(16-20)13-14-26(23(24)28)17-19-8-3-2-4-9-19/h2-5,7-9,11,20H,6,10,12-17H2,1H3/t20-,24+/m1/s1. The highest BCUT2D eigenvalue weighted by atomic mass is 16.2. The highest BCUT2D eigenvalue weighted by Crippen LogP contribution is 2.48. The van der Waals surface area contributed by atoms with E-state index in [0.717, 1.165) is 44.3 Å². The molecule has 1 aromatic heterocycles. The number of aromatic nitrogens is 1. The number of pyridine rings is 1. The first-order valence-electron chi connectivity index (χ1n) is 10.4. The minimum atomic E-state index is -0.252. The van der Waals surface area contributed by atoms with Crippen molar-refractivity contribution in [2.75, 3.05) is 6.54 Å². The van der Waals surface area contributed by atoms with E-state index in [-0.39, 0.29) is 17.1 Å². The van der Waals surface area contributed by atoms with E-state index in [1.165, 1.54) is 5.56 Å². The topological polar surface area (TPSA) is 50.3 Å². The molecule has 1 spiro atoms. The normalized spacial score (nSPS) is 24.7.